The number of aliphatic imine (C=N–C) groups is 1. The van der Waals surface area contributed by atoms with Gasteiger partial charge in [0.25, 0.3) is 0 Å². The first-order valence-electron chi connectivity index (χ1n) is 9.03. The monoisotopic (exact) mass is 472 g/mol. The Bertz CT molecular complexity index is 953. The van der Waals surface area contributed by atoms with Gasteiger partial charge in [0.05, 0.1) is 18.2 Å². The lowest BCUT2D eigenvalue weighted by Crippen LogP contribution is -2.67. The van der Waals surface area contributed by atoms with Crippen LogP contribution in [-0.4, -0.2) is 102 Å². The van der Waals surface area contributed by atoms with Gasteiger partial charge >= 0.3 is 11.9 Å². The number of ketones is 1. The number of ether oxygens (including phenoxy) is 2. The van der Waals surface area contributed by atoms with E-state index in [1.807, 2.05) is 5.16 Å². The molecule has 13 nitrogen and oxygen atoms in total. The number of allylic oxidation sites excluding steroid dienone is 1. The number of hydrogen-bond donors (Lipinski definition) is 7. The van der Waals surface area contributed by atoms with Crippen LogP contribution in [0.2, 0.25) is 0 Å². The number of thiocarbonyl (C=S) groups is 1. The Morgan fingerprint density at radius 1 is 1.41 bits per heavy atom. The number of aliphatic hydroxyl groups excluding tert-OH is 4. The normalized spacial score (nSPS) is 33.5. The molecule has 2 rings (SSSR count). The molecule has 0 radical (unpaired) electrons. The van der Waals surface area contributed by atoms with Crippen molar-refractivity contribution in [3.05, 3.63) is 23.1 Å². The fourth-order valence-electron chi connectivity index (χ4n) is 3.42. The summed E-state index contributed by atoms with van der Waals surface area (Å²) in [6, 6.07) is 0. The molecule has 7 N–H and O–H groups in total. The Morgan fingerprint density at radius 2 is 2.03 bits per heavy atom. The standard InChI is InChI=1S/C18H20N2O11S/c1-2-6(20-5-32)17(28)31-13-8(4-21)30-15(12(24)11(13)23)18(29)3-7(22)10(19)9(14(18)25)16(26)27/h2,8,11-13,15,19,21,23-25,29H,3-4H2,1H3,(H,26,27). The molecule has 1 aliphatic carbocycles. The van der Waals surface area contributed by atoms with Gasteiger partial charge in [-0.3, -0.25) is 10.2 Å². The average molecular weight is 472 g/mol. The van der Waals surface area contributed by atoms with Crippen molar-refractivity contribution in [3.8, 4) is 0 Å². The molecule has 0 aromatic heterocycles. The molecule has 0 saturated carbocycles. The van der Waals surface area contributed by atoms with Crippen molar-refractivity contribution in [2.75, 3.05) is 6.61 Å². The molecule has 2 aliphatic rings. The maximum Gasteiger partial charge on any atom is 0.357 e. The number of carboxylic acids is 1. The minimum atomic E-state index is -2.87. The zero-order valence-electron chi connectivity index (χ0n) is 16.5. The van der Waals surface area contributed by atoms with Gasteiger partial charge in [-0.15, -0.1) is 0 Å². The van der Waals surface area contributed by atoms with Crippen molar-refractivity contribution in [1.29, 1.82) is 5.41 Å². The van der Waals surface area contributed by atoms with Gasteiger partial charge in [-0.1, -0.05) is 6.08 Å². The molecule has 1 heterocycles. The number of nitrogens with one attached hydrogen (secondary N) is 1. The minimum Gasteiger partial charge on any atom is -0.508 e. The fourth-order valence-corrected chi connectivity index (χ4v) is 3.52. The lowest BCUT2D eigenvalue weighted by atomic mass is 9.75. The summed E-state index contributed by atoms with van der Waals surface area (Å²) in [5.41, 5.74) is -5.45. The summed E-state index contributed by atoms with van der Waals surface area (Å²) in [6.45, 7) is 0.507. The van der Waals surface area contributed by atoms with Crippen molar-refractivity contribution in [2.45, 2.75) is 49.5 Å². The van der Waals surface area contributed by atoms with E-state index in [1.54, 1.807) is 0 Å². The number of rotatable bonds is 6. The predicted octanol–water partition coefficient (Wildman–Crippen LogP) is -1.99. The van der Waals surface area contributed by atoms with Gasteiger partial charge in [0, 0.05) is 0 Å². The highest BCUT2D eigenvalue weighted by Gasteiger charge is 2.59. The number of carboxylic acid groups (broad SMARTS) is 1. The molecular formula is C18H20N2O11S. The SMILES string of the molecule is CC=C(N=C=S)C(=O)OC1C(CO)OC(C2(O)CC(=O)C(=N)C(C(=O)O)=C2O)C(O)C1O. The van der Waals surface area contributed by atoms with Gasteiger partial charge in [0.15, 0.2) is 23.2 Å². The molecule has 1 saturated heterocycles. The van der Waals surface area contributed by atoms with Crippen LogP contribution in [0.25, 0.3) is 0 Å². The van der Waals surface area contributed by atoms with Crippen molar-refractivity contribution >= 4 is 40.8 Å². The number of aliphatic carboxylic acids is 1. The van der Waals surface area contributed by atoms with Crippen LogP contribution < -0.4 is 0 Å². The van der Waals surface area contributed by atoms with Crippen molar-refractivity contribution in [2.24, 2.45) is 4.99 Å². The number of carbonyl (C=O) groups is 3. The molecule has 1 fully saturated rings. The van der Waals surface area contributed by atoms with Crippen LogP contribution in [0.5, 0.6) is 0 Å². The number of aliphatic hydroxyl groups is 5. The number of nitrogens with zero attached hydrogens (tertiary/aromatic N) is 1. The summed E-state index contributed by atoms with van der Waals surface area (Å²) >= 11 is 4.40. The third-order valence-corrected chi connectivity index (χ3v) is 5.14. The van der Waals surface area contributed by atoms with E-state index < -0.39 is 83.9 Å². The van der Waals surface area contributed by atoms with Crippen molar-refractivity contribution in [3.63, 3.8) is 0 Å². The van der Waals surface area contributed by atoms with Gasteiger partial charge < -0.3 is 40.1 Å². The molecule has 0 aromatic rings. The quantitative estimate of drug-likeness (QED) is 0.0964. The first kappa shape index (κ1) is 25.4. The second-order valence-corrected chi connectivity index (χ2v) is 7.12. The summed E-state index contributed by atoms with van der Waals surface area (Å²) in [5.74, 6) is -5.53. The second kappa shape index (κ2) is 9.75. The Hall–Kier alpha value is -2.84. The minimum absolute atomic E-state index is 0.304. The molecule has 0 amide bonds. The molecule has 0 aromatic carbocycles. The predicted molar refractivity (Wildman–Crippen MR) is 106 cm³/mol. The number of esters is 1. The van der Waals surface area contributed by atoms with E-state index in [-0.39, 0.29) is 5.70 Å². The van der Waals surface area contributed by atoms with Crippen LogP contribution in [0.4, 0.5) is 0 Å². The maximum absolute atomic E-state index is 12.2. The number of hydrogen-bond acceptors (Lipinski definition) is 13. The van der Waals surface area contributed by atoms with Crippen LogP contribution in [0, 0.1) is 5.41 Å². The Morgan fingerprint density at radius 3 is 2.53 bits per heavy atom. The highest BCUT2D eigenvalue weighted by atomic mass is 32.1. The lowest BCUT2D eigenvalue weighted by Gasteiger charge is -2.48. The van der Waals surface area contributed by atoms with E-state index in [2.05, 4.69) is 17.2 Å². The topological polar surface area (TPSA) is 227 Å². The van der Waals surface area contributed by atoms with E-state index in [0.29, 0.717) is 0 Å². The highest BCUT2D eigenvalue weighted by Crippen LogP contribution is 2.39. The van der Waals surface area contributed by atoms with Gasteiger partial charge in [-0.2, -0.15) is 4.99 Å². The van der Waals surface area contributed by atoms with Gasteiger partial charge in [0.2, 0.25) is 0 Å². The second-order valence-electron chi connectivity index (χ2n) is 6.93. The molecule has 6 atom stereocenters. The van der Waals surface area contributed by atoms with E-state index in [1.165, 1.54) is 13.0 Å². The smallest absolute Gasteiger partial charge is 0.357 e. The van der Waals surface area contributed by atoms with Crippen molar-refractivity contribution in [1.82, 2.24) is 0 Å². The molecule has 0 spiro atoms. The Balaban J connectivity index is 2.43. The highest BCUT2D eigenvalue weighted by molar-refractivity contribution is 7.78. The number of isothiocyanates is 1. The third kappa shape index (κ3) is 4.38. The summed E-state index contributed by atoms with van der Waals surface area (Å²) < 4.78 is 10.4. The molecule has 0 bridgehead atoms. The lowest BCUT2D eigenvalue weighted by molar-refractivity contribution is -0.271. The summed E-state index contributed by atoms with van der Waals surface area (Å²) in [7, 11) is 0. The Kier molecular flexibility index (Phi) is 7.74. The molecule has 1 aliphatic heterocycles. The Labute approximate surface area is 185 Å². The van der Waals surface area contributed by atoms with E-state index in [4.69, 9.17) is 14.9 Å². The van der Waals surface area contributed by atoms with Gasteiger partial charge in [0.1, 0.15) is 41.5 Å². The zero-order valence-corrected chi connectivity index (χ0v) is 17.3. The van der Waals surface area contributed by atoms with Crippen LogP contribution in [0.3, 0.4) is 0 Å². The summed E-state index contributed by atoms with van der Waals surface area (Å²) in [5, 5.41) is 70.6. The molecule has 6 unspecified atom stereocenters. The molecule has 174 valence electrons. The van der Waals surface area contributed by atoms with E-state index in [9.17, 15) is 45.0 Å². The van der Waals surface area contributed by atoms with E-state index >= 15 is 0 Å². The van der Waals surface area contributed by atoms with Crippen LogP contribution >= 0.6 is 12.2 Å². The first-order valence-corrected chi connectivity index (χ1v) is 9.44. The zero-order chi connectivity index (χ0) is 24.4. The number of carbonyl (C=O) groups excluding carboxylic acids is 2. The summed E-state index contributed by atoms with van der Waals surface area (Å²) in [6.07, 6.45) is -9.33. The van der Waals surface area contributed by atoms with Gasteiger partial charge in [-0.05, 0) is 19.1 Å². The van der Waals surface area contributed by atoms with E-state index in [0.717, 1.165) is 0 Å². The third-order valence-electron chi connectivity index (χ3n) is 5.05. The van der Waals surface area contributed by atoms with Gasteiger partial charge in [-0.25, -0.2) is 9.59 Å². The molecule has 32 heavy (non-hydrogen) atoms. The van der Waals surface area contributed by atoms with Crippen LogP contribution in [0.1, 0.15) is 13.3 Å². The fraction of sp³-hybridized carbons (Fsp3) is 0.500. The average Bonchev–Trinajstić information content (AvgIpc) is 2.73. The maximum atomic E-state index is 12.2. The molecular weight excluding hydrogens is 452 g/mol. The summed E-state index contributed by atoms with van der Waals surface area (Å²) in [4.78, 5) is 39.1. The largest absolute Gasteiger partial charge is 0.508 e. The molecule has 14 heteroatoms. The van der Waals surface area contributed by atoms with Crippen LogP contribution in [0.15, 0.2) is 28.1 Å². The van der Waals surface area contributed by atoms with Crippen molar-refractivity contribution < 1.29 is 54.5 Å². The number of Topliss-reactive ketones (excluding diaryl/α,β-unsaturated/α-hetero) is 1. The van der Waals surface area contributed by atoms with Crippen LogP contribution in [-0.2, 0) is 23.9 Å². The first-order chi connectivity index (χ1) is 14.9.